The van der Waals surface area contributed by atoms with Crippen molar-refractivity contribution in [3.8, 4) is 0 Å². The molecular formula is C17H36O2. The minimum absolute atomic E-state index is 0.101. The van der Waals surface area contributed by atoms with Crippen molar-refractivity contribution in [2.75, 3.05) is 6.61 Å². The first-order valence-electron chi connectivity index (χ1n) is 8.55. The van der Waals surface area contributed by atoms with Gasteiger partial charge in [-0.05, 0) is 12.8 Å². The molecule has 0 saturated heterocycles. The molecule has 0 aliphatic carbocycles. The molecule has 0 radical (unpaired) electrons. The summed E-state index contributed by atoms with van der Waals surface area (Å²) in [7, 11) is 0. The van der Waals surface area contributed by atoms with E-state index in [0.29, 0.717) is 0 Å². The van der Waals surface area contributed by atoms with Crippen LogP contribution in [0.2, 0.25) is 0 Å². The predicted octanol–water partition coefficient (Wildman–Crippen LogP) is 4.68. The van der Waals surface area contributed by atoms with Crippen LogP contribution in [0.25, 0.3) is 0 Å². The Bertz CT molecular complexity index is 171. The summed E-state index contributed by atoms with van der Waals surface area (Å²) in [6, 6.07) is 0. The van der Waals surface area contributed by atoms with Gasteiger partial charge in [-0.3, -0.25) is 0 Å². The number of aliphatic hydroxyl groups excluding tert-OH is 2. The topological polar surface area (TPSA) is 40.5 Å². The maximum atomic E-state index is 9.87. The molecule has 2 unspecified atom stereocenters. The predicted molar refractivity (Wildman–Crippen MR) is 83.3 cm³/mol. The molecular weight excluding hydrogens is 236 g/mol. The molecule has 2 nitrogen and oxygen atoms in total. The molecule has 0 aromatic heterocycles. The van der Waals surface area contributed by atoms with Crippen molar-refractivity contribution in [1.82, 2.24) is 0 Å². The second-order valence-corrected chi connectivity index (χ2v) is 5.92. The average Bonchev–Trinajstić information content (AvgIpc) is 2.41. The average molecular weight is 272 g/mol. The second-order valence-electron chi connectivity index (χ2n) is 5.92. The van der Waals surface area contributed by atoms with Crippen LogP contribution in [-0.2, 0) is 0 Å². The lowest BCUT2D eigenvalue weighted by Crippen LogP contribution is -2.23. The van der Waals surface area contributed by atoms with Gasteiger partial charge in [-0.2, -0.15) is 0 Å². The van der Waals surface area contributed by atoms with E-state index in [1.54, 1.807) is 0 Å². The Balaban J connectivity index is 3.36. The highest BCUT2D eigenvalue weighted by Gasteiger charge is 2.16. The molecule has 0 heterocycles. The van der Waals surface area contributed by atoms with Crippen LogP contribution in [0.15, 0.2) is 0 Å². The smallest absolute Gasteiger partial charge is 0.0590 e. The molecule has 0 aliphatic heterocycles. The first kappa shape index (κ1) is 18.9. The summed E-state index contributed by atoms with van der Waals surface area (Å²) in [4.78, 5) is 0. The third-order valence-corrected chi connectivity index (χ3v) is 4.04. The maximum absolute atomic E-state index is 9.87. The van der Waals surface area contributed by atoms with Crippen molar-refractivity contribution in [1.29, 1.82) is 0 Å². The normalized spacial score (nSPS) is 14.5. The standard InChI is InChI=1S/C17H36O2/c1-3-5-6-7-8-9-10-11-12-14-16(15-18)17(19)13-4-2/h16-19H,3-15H2,1-2H3. The van der Waals surface area contributed by atoms with Crippen molar-refractivity contribution in [3.05, 3.63) is 0 Å². The fourth-order valence-corrected chi connectivity index (χ4v) is 2.65. The first-order chi connectivity index (χ1) is 9.26. The van der Waals surface area contributed by atoms with E-state index in [0.717, 1.165) is 25.7 Å². The van der Waals surface area contributed by atoms with Gasteiger partial charge in [-0.15, -0.1) is 0 Å². The van der Waals surface area contributed by atoms with Crippen LogP contribution in [0.3, 0.4) is 0 Å². The van der Waals surface area contributed by atoms with Gasteiger partial charge in [0.2, 0.25) is 0 Å². The molecule has 19 heavy (non-hydrogen) atoms. The van der Waals surface area contributed by atoms with Gasteiger partial charge in [-0.1, -0.05) is 78.1 Å². The molecule has 0 fully saturated rings. The zero-order valence-electron chi connectivity index (χ0n) is 13.2. The van der Waals surface area contributed by atoms with Gasteiger partial charge in [0, 0.05) is 12.5 Å². The molecule has 0 saturated carbocycles. The molecule has 2 heteroatoms. The molecule has 0 aromatic carbocycles. The zero-order valence-corrected chi connectivity index (χ0v) is 13.2. The van der Waals surface area contributed by atoms with E-state index in [4.69, 9.17) is 0 Å². The van der Waals surface area contributed by atoms with Crippen molar-refractivity contribution in [2.45, 2.75) is 97.0 Å². The largest absolute Gasteiger partial charge is 0.396 e. The maximum Gasteiger partial charge on any atom is 0.0590 e. The lowest BCUT2D eigenvalue weighted by atomic mass is 9.93. The summed E-state index contributed by atoms with van der Waals surface area (Å²) in [5.74, 6) is 0.101. The van der Waals surface area contributed by atoms with Crippen LogP contribution in [0.4, 0.5) is 0 Å². The van der Waals surface area contributed by atoms with E-state index in [2.05, 4.69) is 13.8 Å². The monoisotopic (exact) mass is 272 g/mol. The van der Waals surface area contributed by atoms with E-state index < -0.39 is 0 Å². The van der Waals surface area contributed by atoms with Gasteiger partial charge >= 0.3 is 0 Å². The first-order valence-corrected chi connectivity index (χ1v) is 8.55. The summed E-state index contributed by atoms with van der Waals surface area (Å²) in [5.41, 5.74) is 0. The Morgan fingerprint density at radius 2 is 1.21 bits per heavy atom. The molecule has 2 N–H and O–H groups in total. The Morgan fingerprint density at radius 1 is 0.684 bits per heavy atom. The molecule has 0 aliphatic rings. The highest BCUT2D eigenvalue weighted by molar-refractivity contribution is 4.67. The highest BCUT2D eigenvalue weighted by Crippen LogP contribution is 2.18. The molecule has 2 atom stereocenters. The number of hydrogen-bond acceptors (Lipinski definition) is 2. The van der Waals surface area contributed by atoms with Gasteiger partial charge in [0.25, 0.3) is 0 Å². The minimum atomic E-state index is -0.302. The van der Waals surface area contributed by atoms with E-state index in [1.807, 2.05) is 0 Å². The van der Waals surface area contributed by atoms with Gasteiger partial charge in [0.1, 0.15) is 0 Å². The fraction of sp³-hybridized carbons (Fsp3) is 1.00. The van der Waals surface area contributed by atoms with Crippen molar-refractivity contribution in [2.24, 2.45) is 5.92 Å². The van der Waals surface area contributed by atoms with Crippen LogP contribution in [0.5, 0.6) is 0 Å². The van der Waals surface area contributed by atoms with Gasteiger partial charge in [0.15, 0.2) is 0 Å². The van der Waals surface area contributed by atoms with Crippen LogP contribution in [-0.4, -0.2) is 22.9 Å². The molecule has 0 rings (SSSR count). The molecule has 0 aromatic rings. The third kappa shape index (κ3) is 11.4. The van der Waals surface area contributed by atoms with Gasteiger partial charge in [0.05, 0.1) is 6.10 Å². The van der Waals surface area contributed by atoms with E-state index in [-0.39, 0.29) is 18.6 Å². The van der Waals surface area contributed by atoms with E-state index in [9.17, 15) is 10.2 Å². The lowest BCUT2D eigenvalue weighted by Gasteiger charge is -2.20. The second kappa shape index (κ2) is 14.3. The molecule has 116 valence electrons. The van der Waals surface area contributed by atoms with Crippen LogP contribution in [0.1, 0.15) is 90.9 Å². The Hall–Kier alpha value is -0.0800. The SMILES string of the molecule is CCCCCCCCCCCC(CO)C(O)CCC. The quantitative estimate of drug-likeness (QED) is 0.451. The van der Waals surface area contributed by atoms with E-state index >= 15 is 0 Å². The molecule has 0 amide bonds. The summed E-state index contributed by atoms with van der Waals surface area (Å²) in [6.45, 7) is 4.47. The number of unbranched alkanes of at least 4 members (excludes halogenated alkanes) is 8. The molecule has 0 bridgehead atoms. The third-order valence-electron chi connectivity index (χ3n) is 4.04. The summed E-state index contributed by atoms with van der Waals surface area (Å²) in [6.07, 6.45) is 14.4. The number of aliphatic hydroxyl groups is 2. The number of hydrogen-bond donors (Lipinski definition) is 2. The fourth-order valence-electron chi connectivity index (χ4n) is 2.65. The molecule has 0 spiro atoms. The Labute approximate surface area is 120 Å². The summed E-state index contributed by atoms with van der Waals surface area (Å²) < 4.78 is 0. The Kier molecular flexibility index (Phi) is 14.3. The van der Waals surface area contributed by atoms with Crippen LogP contribution in [0, 0.1) is 5.92 Å². The minimum Gasteiger partial charge on any atom is -0.396 e. The lowest BCUT2D eigenvalue weighted by molar-refractivity contribution is 0.0543. The van der Waals surface area contributed by atoms with E-state index in [1.165, 1.54) is 51.4 Å². The summed E-state index contributed by atoms with van der Waals surface area (Å²) >= 11 is 0. The number of rotatable bonds is 14. The van der Waals surface area contributed by atoms with Crippen molar-refractivity contribution < 1.29 is 10.2 Å². The van der Waals surface area contributed by atoms with Crippen molar-refractivity contribution >= 4 is 0 Å². The Morgan fingerprint density at radius 3 is 1.68 bits per heavy atom. The highest BCUT2D eigenvalue weighted by atomic mass is 16.3. The van der Waals surface area contributed by atoms with Crippen LogP contribution < -0.4 is 0 Å². The van der Waals surface area contributed by atoms with Crippen molar-refractivity contribution in [3.63, 3.8) is 0 Å². The zero-order chi connectivity index (χ0) is 14.3. The van der Waals surface area contributed by atoms with Gasteiger partial charge in [-0.25, -0.2) is 0 Å². The summed E-state index contributed by atoms with van der Waals surface area (Å²) in [5, 5.41) is 19.2. The van der Waals surface area contributed by atoms with Crippen LogP contribution >= 0.6 is 0 Å². The van der Waals surface area contributed by atoms with Gasteiger partial charge < -0.3 is 10.2 Å².